The van der Waals surface area contributed by atoms with Crippen molar-refractivity contribution in [2.24, 2.45) is 35.2 Å². The van der Waals surface area contributed by atoms with Crippen molar-refractivity contribution in [1.29, 1.82) is 0 Å². The summed E-state index contributed by atoms with van der Waals surface area (Å²) >= 11 is 0. The number of nitrogens with zero attached hydrogens (tertiary/aromatic N) is 5. The fraction of sp³-hybridized carbons (Fsp3) is 0.214. The van der Waals surface area contributed by atoms with Gasteiger partial charge in [-0.3, -0.25) is 0 Å². The minimum Gasteiger partial charge on any atom is -0.201 e. The number of aromatic nitrogens is 5. The summed E-state index contributed by atoms with van der Waals surface area (Å²) in [6.45, 7) is 21.4. The van der Waals surface area contributed by atoms with Crippen LogP contribution in [0.25, 0.3) is 56.3 Å². The van der Waals surface area contributed by atoms with E-state index in [1.54, 1.807) is 0 Å². The molecule has 0 radical (unpaired) electrons. The van der Waals surface area contributed by atoms with Crippen molar-refractivity contribution in [2.45, 2.75) is 69.2 Å². The Morgan fingerprint density at radius 1 is 0.213 bits per heavy atom. The first-order chi connectivity index (χ1) is 35.9. The smallest absolute Gasteiger partial charge is 0.201 e. The summed E-state index contributed by atoms with van der Waals surface area (Å²) in [5.41, 5.74) is 26.0. The van der Waals surface area contributed by atoms with Gasteiger partial charge < -0.3 is 0 Å². The molecule has 5 aromatic carbocycles. The van der Waals surface area contributed by atoms with E-state index in [4.69, 9.17) is 0 Å². The maximum atomic E-state index is 2.26. The Labute approximate surface area is 450 Å². The molecule has 0 saturated heterocycles. The lowest BCUT2D eigenvalue weighted by Crippen LogP contribution is -2.31. The second kappa shape index (κ2) is 26.7. The quantitative estimate of drug-likeness (QED) is 0.153. The minimum atomic E-state index is 1.26. The lowest BCUT2D eigenvalue weighted by Gasteiger charge is -2.06. The molecule has 5 heterocycles. The van der Waals surface area contributed by atoms with Gasteiger partial charge in [0, 0.05) is 87.5 Å². The number of benzene rings is 5. The highest BCUT2D eigenvalue weighted by atomic mass is 14.9. The average Bonchev–Trinajstić information content (AvgIpc) is 3.39. The van der Waals surface area contributed by atoms with E-state index < -0.39 is 0 Å². The van der Waals surface area contributed by atoms with Gasteiger partial charge in [-0.05, 0) is 157 Å². The van der Waals surface area contributed by atoms with Crippen LogP contribution in [0.4, 0.5) is 0 Å². The third-order valence-electron chi connectivity index (χ3n) is 13.8. The maximum absolute atomic E-state index is 2.26. The molecule has 0 aliphatic heterocycles. The fourth-order valence-electron chi connectivity index (χ4n) is 9.18. The Kier molecular flexibility index (Phi) is 20.0. The van der Waals surface area contributed by atoms with Gasteiger partial charge in [0.2, 0.25) is 28.5 Å². The van der Waals surface area contributed by atoms with Gasteiger partial charge in [-0.1, -0.05) is 90.5 Å². The highest BCUT2D eigenvalue weighted by Crippen LogP contribution is 2.24. The molecule has 0 aliphatic carbocycles. The van der Waals surface area contributed by atoms with Crippen LogP contribution in [0.2, 0.25) is 0 Å². The highest BCUT2D eigenvalue weighted by molar-refractivity contribution is 5.64. The molecule has 0 spiro atoms. The number of pyridine rings is 5. The molecule has 0 unspecified atom stereocenters. The molecule has 10 aromatic rings. The standard InChI is InChI=1S/C15H18N.3C14H16N.C13H14N/c1-11-7-5-6-8-14(11)15-9-12(2)13(3)10-16(15)4;1-11-7-8-12(2)13(10-11)14-6-4-5-9-15(14)3;1-11-8-9-15(3)14(10-11)13-7-5-4-6-12(13)2;1-11-8-9-14(15(3)10-11)13-7-5-4-6-12(13)2;1-11-7-3-4-8-12(11)13-9-5-6-10-14(13)2/h5-10H,1-4H3;3*4-10H,1-3H3;3-10H,1-2H3/q5*+1. The molecule has 10 rings (SSSR count). The molecule has 0 amide bonds. The zero-order chi connectivity index (χ0) is 54.2. The first-order valence-corrected chi connectivity index (χ1v) is 26.0. The van der Waals surface area contributed by atoms with Crippen LogP contribution in [0.3, 0.4) is 0 Å². The van der Waals surface area contributed by atoms with Crippen LogP contribution >= 0.6 is 0 Å². The van der Waals surface area contributed by atoms with Crippen molar-refractivity contribution in [2.75, 3.05) is 0 Å². The van der Waals surface area contributed by atoms with Crippen molar-refractivity contribution in [3.8, 4) is 56.3 Å². The van der Waals surface area contributed by atoms with Gasteiger partial charge >= 0.3 is 0 Å². The summed E-state index contributed by atoms with van der Waals surface area (Å²) in [6.07, 6.45) is 10.6. The number of hydrogen-bond donors (Lipinski definition) is 0. The normalized spacial score (nSPS) is 10.3. The van der Waals surface area contributed by atoms with Gasteiger partial charge in [-0.2, -0.15) is 0 Å². The zero-order valence-corrected chi connectivity index (χ0v) is 47.4. The molecule has 5 heteroatoms. The number of hydrogen-bond acceptors (Lipinski definition) is 0. The van der Waals surface area contributed by atoms with E-state index in [-0.39, 0.29) is 0 Å². The van der Waals surface area contributed by atoms with Crippen LogP contribution in [0, 0.1) is 69.2 Å². The van der Waals surface area contributed by atoms with Gasteiger partial charge in [0.05, 0.1) is 0 Å². The monoisotopic (exact) mass is 991 g/mol. The van der Waals surface area contributed by atoms with Gasteiger partial charge in [0.25, 0.3) is 0 Å². The summed E-state index contributed by atoms with van der Waals surface area (Å²) in [6, 6.07) is 64.0. The maximum Gasteiger partial charge on any atom is 0.212 e. The fourth-order valence-corrected chi connectivity index (χ4v) is 9.18. The molecule has 5 nitrogen and oxygen atoms in total. The Bertz CT molecular complexity index is 3380. The molecule has 0 fully saturated rings. The molecule has 75 heavy (non-hydrogen) atoms. The SMILES string of the molecule is Cc1cc(-c2ccccc2C)[n+](C)cc1C.Cc1cc[n+](C)c(-c2ccccc2C)c1.Cc1ccc(-c2ccccc2C)[n+](C)c1.Cc1ccc(C)c(-c2cccc[n+]2C)c1.Cc1ccccc1-c1cccc[n+]1C. The van der Waals surface area contributed by atoms with Crippen molar-refractivity contribution in [3.05, 3.63) is 269 Å². The highest BCUT2D eigenvalue weighted by Gasteiger charge is 2.16. The van der Waals surface area contributed by atoms with Crippen LogP contribution < -0.4 is 22.8 Å². The first-order valence-electron chi connectivity index (χ1n) is 26.0. The lowest BCUT2D eigenvalue weighted by molar-refractivity contribution is -0.660. The molecule has 5 aromatic heterocycles. The second-order valence-corrected chi connectivity index (χ2v) is 20.0. The summed E-state index contributed by atoms with van der Waals surface area (Å²) in [5.74, 6) is 0. The van der Waals surface area contributed by atoms with Gasteiger partial charge in [0.1, 0.15) is 35.2 Å². The number of rotatable bonds is 5. The second-order valence-electron chi connectivity index (χ2n) is 20.0. The summed E-state index contributed by atoms with van der Waals surface area (Å²) in [5, 5.41) is 0. The summed E-state index contributed by atoms with van der Waals surface area (Å²) in [4.78, 5) is 0. The molecular weight excluding hydrogens is 911 g/mol. The van der Waals surface area contributed by atoms with Crippen molar-refractivity contribution in [3.63, 3.8) is 0 Å². The summed E-state index contributed by atoms with van der Waals surface area (Å²) < 4.78 is 10.8. The van der Waals surface area contributed by atoms with Crippen LogP contribution in [0.15, 0.2) is 213 Å². The molecule has 0 aliphatic rings. The van der Waals surface area contributed by atoms with Gasteiger partial charge in [-0.25, -0.2) is 22.8 Å². The Balaban J connectivity index is 0.000000152. The molecule has 380 valence electrons. The molecule has 0 saturated carbocycles. The van der Waals surface area contributed by atoms with E-state index in [9.17, 15) is 0 Å². The lowest BCUT2D eigenvalue weighted by atomic mass is 10.0. The Hall–Kier alpha value is -8.15. The summed E-state index contributed by atoms with van der Waals surface area (Å²) in [7, 11) is 10.4. The van der Waals surface area contributed by atoms with Crippen molar-refractivity contribution >= 4 is 0 Å². The van der Waals surface area contributed by atoms with Gasteiger partial charge in [-0.15, -0.1) is 0 Å². The predicted molar refractivity (Wildman–Crippen MR) is 313 cm³/mol. The first kappa shape index (κ1) is 56.2. The molecule has 0 bridgehead atoms. The molecule has 0 atom stereocenters. The molecule has 0 N–H and O–H groups in total. The van der Waals surface area contributed by atoms with Crippen LogP contribution in [-0.2, 0) is 35.2 Å². The van der Waals surface area contributed by atoms with Crippen LogP contribution in [-0.4, -0.2) is 0 Å². The topological polar surface area (TPSA) is 19.4 Å². The Morgan fingerprint density at radius 3 is 1.04 bits per heavy atom. The average molecular weight is 991 g/mol. The minimum absolute atomic E-state index is 1.26. The van der Waals surface area contributed by atoms with E-state index in [2.05, 4.69) is 334 Å². The van der Waals surface area contributed by atoms with Crippen LogP contribution in [0.1, 0.15) is 55.6 Å². The largest absolute Gasteiger partial charge is 0.212 e. The predicted octanol–water partition coefficient (Wildman–Crippen LogP) is 14.0. The van der Waals surface area contributed by atoms with E-state index in [0.29, 0.717) is 0 Å². The Morgan fingerprint density at radius 2 is 0.573 bits per heavy atom. The third-order valence-corrected chi connectivity index (χ3v) is 13.8. The zero-order valence-electron chi connectivity index (χ0n) is 47.4. The van der Waals surface area contributed by atoms with Gasteiger partial charge in [0.15, 0.2) is 31.0 Å². The van der Waals surface area contributed by atoms with Crippen molar-refractivity contribution < 1.29 is 22.8 Å². The van der Waals surface area contributed by atoms with E-state index in [1.165, 1.54) is 112 Å². The van der Waals surface area contributed by atoms with E-state index in [1.807, 2.05) is 6.07 Å². The third kappa shape index (κ3) is 15.2. The van der Waals surface area contributed by atoms with Crippen LogP contribution in [0.5, 0.6) is 0 Å². The molecular formula is C70H80N5+5. The number of aryl methyl sites for hydroxylation is 15. The van der Waals surface area contributed by atoms with E-state index in [0.717, 1.165) is 0 Å². The van der Waals surface area contributed by atoms with E-state index >= 15 is 0 Å². The van der Waals surface area contributed by atoms with Crippen molar-refractivity contribution in [1.82, 2.24) is 0 Å².